The molecular formula is C27H34O5. The number of carboxylic acids is 1. The number of ether oxygens (including phenoxy) is 1. The normalized spacial score (nSPS) is 10.7. The molecule has 0 spiro atoms. The molecule has 172 valence electrons. The van der Waals surface area contributed by atoms with Crippen molar-refractivity contribution in [1.29, 1.82) is 0 Å². The van der Waals surface area contributed by atoms with Gasteiger partial charge in [-0.15, -0.1) is 0 Å². The molecule has 32 heavy (non-hydrogen) atoms. The molecule has 0 bridgehead atoms. The summed E-state index contributed by atoms with van der Waals surface area (Å²) in [4.78, 5) is 10.9. The number of hydrogen-bond acceptors (Lipinski definition) is 4. The maximum absolute atomic E-state index is 10.9. The zero-order valence-electron chi connectivity index (χ0n) is 18.1. The minimum absolute atomic E-state index is 0. The first-order chi connectivity index (χ1) is 14.8. The fourth-order valence-corrected chi connectivity index (χ4v) is 3.82. The third-order valence-electron chi connectivity index (χ3n) is 5.67. The van der Waals surface area contributed by atoms with Crippen molar-refractivity contribution in [2.75, 3.05) is 6.61 Å². The SMILES string of the molecule is C.Cc1cc(CCCCCCOc2ccc3cc(CC(=O)O)ccc3c2)c(C)c(O)c1O. The molecule has 5 nitrogen and oxygen atoms in total. The average molecular weight is 439 g/mol. The van der Waals surface area contributed by atoms with Gasteiger partial charge in [-0.1, -0.05) is 50.6 Å². The van der Waals surface area contributed by atoms with Crippen LogP contribution in [0.15, 0.2) is 42.5 Å². The Balaban J connectivity index is 0.00000363. The Morgan fingerprint density at radius 3 is 2.31 bits per heavy atom. The highest BCUT2D eigenvalue weighted by molar-refractivity contribution is 5.85. The van der Waals surface area contributed by atoms with Gasteiger partial charge in [0.2, 0.25) is 0 Å². The van der Waals surface area contributed by atoms with E-state index < -0.39 is 5.97 Å². The zero-order chi connectivity index (χ0) is 22.4. The topological polar surface area (TPSA) is 87.0 Å². The van der Waals surface area contributed by atoms with Crippen LogP contribution < -0.4 is 4.74 Å². The van der Waals surface area contributed by atoms with Crippen molar-refractivity contribution in [3.05, 3.63) is 64.7 Å². The molecule has 0 aliphatic carbocycles. The number of fused-ring (bicyclic) bond motifs is 1. The lowest BCUT2D eigenvalue weighted by Gasteiger charge is -2.12. The van der Waals surface area contributed by atoms with Crippen molar-refractivity contribution in [2.45, 2.75) is 59.8 Å². The van der Waals surface area contributed by atoms with Gasteiger partial charge in [0.25, 0.3) is 0 Å². The Morgan fingerprint density at radius 2 is 1.56 bits per heavy atom. The predicted molar refractivity (Wildman–Crippen MR) is 129 cm³/mol. The summed E-state index contributed by atoms with van der Waals surface area (Å²) in [6, 6.07) is 13.5. The van der Waals surface area contributed by atoms with Crippen molar-refractivity contribution in [3.63, 3.8) is 0 Å². The fourth-order valence-electron chi connectivity index (χ4n) is 3.82. The molecule has 0 aromatic heterocycles. The minimum atomic E-state index is -0.828. The summed E-state index contributed by atoms with van der Waals surface area (Å²) in [7, 11) is 0. The highest BCUT2D eigenvalue weighted by Crippen LogP contribution is 2.34. The summed E-state index contributed by atoms with van der Waals surface area (Å²) in [6.45, 7) is 4.30. The third kappa shape index (κ3) is 6.39. The number of carbonyl (C=O) groups is 1. The predicted octanol–water partition coefficient (Wildman–Crippen LogP) is 6.31. The van der Waals surface area contributed by atoms with E-state index >= 15 is 0 Å². The van der Waals surface area contributed by atoms with Crippen LogP contribution in [-0.2, 0) is 17.6 Å². The number of phenolic OH excluding ortho intramolecular Hbond substituents is 2. The van der Waals surface area contributed by atoms with Crippen LogP contribution in [0.25, 0.3) is 10.8 Å². The molecule has 0 saturated carbocycles. The van der Waals surface area contributed by atoms with Gasteiger partial charge in [0.15, 0.2) is 11.5 Å². The number of aliphatic carboxylic acids is 1. The summed E-state index contributed by atoms with van der Waals surface area (Å²) in [5, 5.41) is 30.7. The lowest BCUT2D eigenvalue weighted by atomic mass is 9.98. The minimum Gasteiger partial charge on any atom is -0.504 e. The van der Waals surface area contributed by atoms with E-state index in [1.165, 1.54) is 0 Å². The van der Waals surface area contributed by atoms with E-state index in [9.17, 15) is 15.0 Å². The summed E-state index contributed by atoms with van der Waals surface area (Å²) in [6.07, 6.45) is 5.05. The Morgan fingerprint density at radius 1 is 0.875 bits per heavy atom. The summed E-state index contributed by atoms with van der Waals surface area (Å²) in [5.41, 5.74) is 3.35. The van der Waals surface area contributed by atoms with Crippen molar-refractivity contribution in [1.82, 2.24) is 0 Å². The zero-order valence-corrected chi connectivity index (χ0v) is 18.1. The van der Waals surface area contributed by atoms with Crippen molar-refractivity contribution in [2.24, 2.45) is 0 Å². The van der Waals surface area contributed by atoms with Crippen LogP contribution >= 0.6 is 0 Å². The van der Waals surface area contributed by atoms with Gasteiger partial charge in [0, 0.05) is 0 Å². The van der Waals surface area contributed by atoms with Gasteiger partial charge in [-0.05, 0) is 78.3 Å². The van der Waals surface area contributed by atoms with E-state index in [1.807, 2.05) is 49.4 Å². The van der Waals surface area contributed by atoms with E-state index in [0.717, 1.165) is 65.3 Å². The number of aromatic hydroxyl groups is 2. The Kier molecular flexibility index (Phi) is 8.94. The van der Waals surface area contributed by atoms with Crippen LogP contribution in [0.4, 0.5) is 0 Å². The average Bonchev–Trinajstić information content (AvgIpc) is 2.74. The summed E-state index contributed by atoms with van der Waals surface area (Å²) >= 11 is 0. The molecule has 5 heteroatoms. The second-order valence-electron chi connectivity index (χ2n) is 8.10. The number of rotatable bonds is 10. The molecule has 3 rings (SSSR count). The van der Waals surface area contributed by atoms with Gasteiger partial charge < -0.3 is 20.1 Å². The number of phenols is 2. The summed E-state index contributed by atoms with van der Waals surface area (Å²) in [5.74, 6) is -0.0281. The second kappa shape index (κ2) is 11.4. The first-order valence-corrected chi connectivity index (χ1v) is 10.7. The molecule has 0 atom stereocenters. The van der Waals surface area contributed by atoms with Gasteiger partial charge in [0.05, 0.1) is 13.0 Å². The Bertz CT molecular complexity index is 1070. The molecule has 0 aliphatic heterocycles. The molecule has 0 radical (unpaired) electrons. The molecule has 3 N–H and O–H groups in total. The fraction of sp³-hybridized carbons (Fsp3) is 0.370. The van der Waals surface area contributed by atoms with Crippen molar-refractivity contribution in [3.8, 4) is 17.2 Å². The molecule has 0 heterocycles. The molecule has 0 aliphatic rings. The quantitative estimate of drug-likeness (QED) is 0.255. The molecule has 0 fully saturated rings. The van der Waals surface area contributed by atoms with E-state index in [0.29, 0.717) is 12.2 Å². The lowest BCUT2D eigenvalue weighted by Crippen LogP contribution is -2.00. The van der Waals surface area contributed by atoms with Crippen LogP contribution in [0, 0.1) is 13.8 Å². The van der Waals surface area contributed by atoms with Gasteiger partial charge >= 0.3 is 5.97 Å². The third-order valence-corrected chi connectivity index (χ3v) is 5.67. The number of benzene rings is 3. The Labute approximate surface area is 190 Å². The van der Waals surface area contributed by atoms with Crippen molar-refractivity contribution < 1.29 is 24.9 Å². The molecule has 0 amide bonds. The molecule has 0 unspecified atom stereocenters. The van der Waals surface area contributed by atoms with Crippen LogP contribution in [0.1, 0.15) is 55.4 Å². The van der Waals surface area contributed by atoms with Gasteiger partial charge in [-0.25, -0.2) is 0 Å². The second-order valence-corrected chi connectivity index (χ2v) is 8.10. The maximum Gasteiger partial charge on any atom is 0.307 e. The number of aryl methyl sites for hydroxylation is 2. The van der Waals surface area contributed by atoms with E-state index in [1.54, 1.807) is 6.92 Å². The lowest BCUT2D eigenvalue weighted by molar-refractivity contribution is -0.136. The van der Waals surface area contributed by atoms with E-state index in [-0.39, 0.29) is 25.3 Å². The smallest absolute Gasteiger partial charge is 0.307 e. The first kappa shape index (κ1) is 25.1. The Hall–Kier alpha value is -3.21. The van der Waals surface area contributed by atoms with Gasteiger partial charge in [0.1, 0.15) is 5.75 Å². The molecule has 3 aromatic carbocycles. The molecular weight excluding hydrogens is 404 g/mol. The van der Waals surface area contributed by atoms with Crippen molar-refractivity contribution >= 4 is 16.7 Å². The highest BCUT2D eigenvalue weighted by Gasteiger charge is 2.11. The molecule has 0 saturated heterocycles. The largest absolute Gasteiger partial charge is 0.504 e. The van der Waals surface area contributed by atoms with Crippen LogP contribution in [0.3, 0.4) is 0 Å². The standard InChI is InChI=1S/C26H30O5.CH4/c1-17-13-20(18(2)26(30)25(17)29)7-5-3-4-6-12-31-23-11-10-21-14-19(15-24(27)28)8-9-22(21)16-23;/h8-11,13-14,16,29-30H,3-7,12,15H2,1-2H3,(H,27,28);1H4. The van der Waals surface area contributed by atoms with Gasteiger partial charge in [-0.2, -0.15) is 0 Å². The maximum atomic E-state index is 10.9. The monoisotopic (exact) mass is 438 g/mol. The number of unbranched alkanes of at least 4 members (excludes halogenated alkanes) is 3. The number of carboxylic acid groups (broad SMARTS) is 1. The first-order valence-electron chi connectivity index (χ1n) is 10.7. The van der Waals surface area contributed by atoms with Crippen LogP contribution in [0.5, 0.6) is 17.2 Å². The summed E-state index contributed by atoms with van der Waals surface area (Å²) < 4.78 is 5.88. The van der Waals surface area contributed by atoms with E-state index in [2.05, 4.69) is 0 Å². The van der Waals surface area contributed by atoms with Crippen LogP contribution in [0.2, 0.25) is 0 Å². The highest BCUT2D eigenvalue weighted by atomic mass is 16.5. The van der Waals surface area contributed by atoms with Crippen LogP contribution in [-0.4, -0.2) is 27.9 Å². The number of hydrogen-bond donors (Lipinski definition) is 3. The molecule has 3 aromatic rings. The van der Waals surface area contributed by atoms with Gasteiger partial charge in [-0.3, -0.25) is 4.79 Å². The van der Waals surface area contributed by atoms with E-state index in [4.69, 9.17) is 9.84 Å².